The second-order valence-corrected chi connectivity index (χ2v) is 12.7. The molecule has 2 aromatic heterocycles. The Morgan fingerprint density at radius 3 is 1.98 bits per heavy atom. The molecule has 0 bridgehead atoms. The van der Waals surface area contributed by atoms with E-state index in [4.69, 9.17) is 0 Å². The largest absolute Gasteiger partial charge is 0.311 e. The van der Waals surface area contributed by atoms with Gasteiger partial charge in [0.2, 0.25) is 0 Å². The van der Waals surface area contributed by atoms with E-state index in [9.17, 15) is 0 Å². The van der Waals surface area contributed by atoms with Crippen molar-refractivity contribution in [3.05, 3.63) is 152 Å². The zero-order chi connectivity index (χ0) is 28.8. The Bertz CT molecular complexity index is 2390. The average Bonchev–Trinajstić information content (AvgIpc) is 3.65. The highest BCUT2D eigenvalue weighted by atomic mass is 32.1. The van der Waals surface area contributed by atoms with Crippen LogP contribution in [0.2, 0.25) is 0 Å². The molecule has 204 valence electrons. The summed E-state index contributed by atoms with van der Waals surface area (Å²) in [6.07, 6.45) is 0. The number of nitrogens with zero attached hydrogens (tertiary/aromatic N) is 2. The molecule has 0 amide bonds. The summed E-state index contributed by atoms with van der Waals surface area (Å²) in [6.45, 7) is 0.126. The summed E-state index contributed by atoms with van der Waals surface area (Å²) < 4.78 is 4.00. The van der Waals surface area contributed by atoms with Gasteiger partial charge >= 0.3 is 0 Å². The van der Waals surface area contributed by atoms with E-state index in [1.807, 2.05) is 11.3 Å². The SMILES string of the molecule is c1ccc(-c2sc3c(c2-c2ccccc2)-n2c4ccccc4c4ccc5c(c42)B3c2ccccc2N5c2ccccc2)cc1. The highest BCUT2D eigenvalue weighted by molar-refractivity contribution is 7.31. The van der Waals surface area contributed by atoms with E-state index in [1.54, 1.807) is 0 Å². The van der Waals surface area contributed by atoms with Gasteiger partial charge in [-0.2, -0.15) is 0 Å². The zero-order valence-electron chi connectivity index (χ0n) is 23.8. The maximum atomic E-state index is 2.59. The normalized spacial score (nSPS) is 12.9. The average molecular weight is 577 g/mol. The second-order valence-electron chi connectivity index (χ2n) is 11.7. The van der Waals surface area contributed by atoms with Gasteiger partial charge in [-0.1, -0.05) is 121 Å². The van der Waals surface area contributed by atoms with Crippen LogP contribution < -0.4 is 20.6 Å². The van der Waals surface area contributed by atoms with Crippen LogP contribution in [0.25, 0.3) is 49.1 Å². The number of benzene rings is 6. The Balaban J connectivity index is 1.42. The molecule has 0 fully saturated rings. The van der Waals surface area contributed by atoms with Gasteiger partial charge in [0.25, 0.3) is 6.71 Å². The molecular weight excluding hydrogens is 551 g/mol. The lowest BCUT2D eigenvalue weighted by atomic mass is 9.36. The second kappa shape index (κ2) is 9.09. The number of para-hydroxylation sites is 3. The van der Waals surface area contributed by atoms with Crippen molar-refractivity contribution in [2.45, 2.75) is 0 Å². The molecule has 2 aliphatic heterocycles. The van der Waals surface area contributed by atoms with Crippen molar-refractivity contribution in [3.63, 3.8) is 0 Å². The fourth-order valence-corrected chi connectivity index (χ4v) is 9.10. The molecule has 4 heterocycles. The number of thiophene rings is 1. The maximum absolute atomic E-state index is 2.59. The lowest BCUT2D eigenvalue weighted by Crippen LogP contribution is -2.59. The number of hydrogen-bond donors (Lipinski definition) is 0. The molecule has 44 heavy (non-hydrogen) atoms. The molecule has 2 aliphatic rings. The summed E-state index contributed by atoms with van der Waals surface area (Å²) in [6, 6.07) is 55.5. The van der Waals surface area contributed by atoms with E-state index in [1.165, 1.54) is 81.8 Å². The Labute approximate surface area is 260 Å². The van der Waals surface area contributed by atoms with E-state index in [2.05, 4.69) is 161 Å². The van der Waals surface area contributed by atoms with E-state index < -0.39 is 0 Å². The van der Waals surface area contributed by atoms with Gasteiger partial charge in [0.15, 0.2) is 0 Å². The summed E-state index contributed by atoms with van der Waals surface area (Å²) in [5.41, 5.74) is 14.2. The predicted octanol–water partition coefficient (Wildman–Crippen LogP) is 8.79. The quantitative estimate of drug-likeness (QED) is 0.191. The molecule has 6 aromatic carbocycles. The number of rotatable bonds is 3. The van der Waals surface area contributed by atoms with Gasteiger partial charge in [0.05, 0.1) is 16.7 Å². The highest BCUT2D eigenvalue weighted by Crippen LogP contribution is 2.48. The van der Waals surface area contributed by atoms with Crippen molar-refractivity contribution in [1.29, 1.82) is 0 Å². The molecule has 10 rings (SSSR count). The lowest BCUT2D eigenvalue weighted by molar-refractivity contribution is 1.20. The van der Waals surface area contributed by atoms with Crippen molar-refractivity contribution in [2.75, 3.05) is 4.90 Å². The number of fused-ring (bicyclic) bond motifs is 8. The van der Waals surface area contributed by atoms with Crippen LogP contribution in [0.1, 0.15) is 0 Å². The molecule has 0 radical (unpaired) electrons. The van der Waals surface area contributed by atoms with E-state index >= 15 is 0 Å². The minimum Gasteiger partial charge on any atom is -0.311 e. The van der Waals surface area contributed by atoms with Crippen molar-refractivity contribution in [3.8, 4) is 27.3 Å². The van der Waals surface area contributed by atoms with Crippen LogP contribution in [0.15, 0.2) is 152 Å². The van der Waals surface area contributed by atoms with Crippen molar-refractivity contribution in [2.24, 2.45) is 0 Å². The highest BCUT2D eigenvalue weighted by Gasteiger charge is 2.44. The van der Waals surface area contributed by atoms with Gasteiger partial charge in [-0.05, 0) is 52.4 Å². The van der Waals surface area contributed by atoms with Crippen LogP contribution in [-0.2, 0) is 0 Å². The third kappa shape index (κ3) is 3.15. The molecule has 2 nitrogen and oxygen atoms in total. The number of aromatic nitrogens is 1. The predicted molar refractivity (Wildman–Crippen MR) is 189 cm³/mol. The van der Waals surface area contributed by atoms with Gasteiger partial charge in [-0.3, -0.25) is 0 Å². The van der Waals surface area contributed by atoms with Crippen LogP contribution in [-0.4, -0.2) is 11.3 Å². The standard InChI is InChI=1S/C40H25BN2S/c1-4-14-26(15-5-1)35-38-40(44-39(35)27-16-6-2-7-17-27)41-31-21-11-13-23-33(31)42(28-18-8-3-9-19-28)34-25-24-30-29-20-10-12-22-32(29)43(38)37(30)36(34)41/h1-25H. The van der Waals surface area contributed by atoms with E-state index in [0.29, 0.717) is 0 Å². The van der Waals surface area contributed by atoms with Crippen LogP contribution in [0.3, 0.4) is 0 Å². The van der Waals surface area contributed by atoms with Gasteiger partial charge in [-0.25, -0.2) is 0 Å². The third-order valence-corrected chi connectivity index (χ3v) is 10.7. The first-order chi connectivity index (χ1) is 21.9. The fraction of sp³-hybridized carbons (Fsp3) is 0. The topological polar surface area (TPSA) is 8.17 Å². The number of anilines is 3. The third-order valence-electron chi connectivity index (χ3n) is 9.38. The summed E-state index contributed by atoms with van der Waals surface area (Å²) in [5.74, 6) is 0. The van der Waals surface area contributed by atoms with Crippen molar-refractivity contribution in [1.82, 2.24) is 4.57 Å². The first-order valence-corrected chi connectivity index (χ1v) is 16.0. The van der Waals surface area contributed by atoms with Gasteiger partial charge in [0, 0.05) is 43.1 Å². The monoisotopic (exact) mass is 576 g/mol. The Morgan fingerprint density at radius 2 is 1.18 bits per heavy atom. The number of hydrogen-bond acceptors (Lipinski definition) is 2. The molecule has 4 heteroatoms. The molecule has 0 unspecified atom stereocenters. The van der Waals surface area contributed by atoms with Gasteiger partial charge < -0.3 is 9.47 Å². The molecule has 0 spiro atoms. The minimum atomic E-state index is 0.126. The summed E-state index contributed by atoms with van der Waals surface area (Å²) in [7, 11) is 0. The van der Waals surface area contributed by atoms with Crippen LogP contribution in [0, 0.1) is 0 Å². The van der Waals surface area contributed by atoms with Gasteiger partial charge in [-0.15, -0.1) is 11.3 Å². The fourth-order valence-electron chi connectivity index (χ4n) is 7.66. The maximum Gasteiger partial charge on any atom is 0.264 e. The molecule has 8 aromatic rings. The Kier molecular flexibility index (Phi) is 4.99. The Hall–Kier alpha value is -5.32. The van der Waals surface area contributed by atoms with Crippen LogP contribution >= 0.6 is 11.3 Å². The zero-order valence-corrected chi connectivity index (χ0v) is 24.6. The van der Waals surface area contributed by atoms with E-state index in [-0.39, 0.29) is 6.71 Å². The van der Waals surface area contributed by atoms with E-state index in [0.717, 1.165) is 0 Å². The van der Waals surface area contributed by atoms with Gasteiger partial charge in [0.1, 0.15) is 0 Å². The lowest BCUT2D eigenvalue weighted by Gasteiger charge is -2.39. The van der Waals surface area contributed by atoms with Crippen molar-refractivity contribution >= 4 is 72.6 Å². The first-order valence-electron chi connectivity index (χ1n) is 15.2. The molecule has 0 N–H and O–H groups in total. The summed E-state index contributed by atoms with van der Waals surface area (Å²) >= 11 is 1.97. The molecule has 0 saturated carbocycles. The summed E-state index contributed by atoms with van der Waals surface area (Å²) in [5, 5.41) is 2.61. The van der Waals surface area contributed by atoms with Crippen LogP contribution in [0.5, 0.6) is 0 Å². The smallest absolute Gasteiger partial charge is 0.264 e. The first kappa shape index (κ1) is 24.2. The van der Waals surface area contributed by atoms with Crippen LogP contribution in [0.4, 0.5) is 17.1 Å². The van der Waals surface area contributed by atoms with Crippen molar-refractivity contribution < 1.29 is 0 Å². The minimum absolute atomic E-state index is 0.126. The molecule has 0 atom stereocenters. The Morgan fingerprint density at radius 1 is 0.523 bits per heavy atom. The summed E-state index contributed by atoms with van der Waals surface area (Å²) in [4.78, 5) is 3.79. The molecular formula is C40H25BN2S. The molecule has 0 saturated heterocycles. The molecule has 0 aliphatic carbocycles.